The zero-order valence-corrected chi connectivity index (χ0v) is 21.2. The van der Waals surface area contributed by atoms with Crippen LogP contribution in [0.2, 0.25) is 0 Å². The highest BCUT2D eigenvalue weighted by Crippen LogP contribution is 2.38. The maximum Gasteiger partial charge on any atom is 0.180 e. The van der Waals surface area contributed by atoms with Crippen molar-refractivity contribution in [2.24, 2.45) is 0 Å². The number of fused-ring (bicyclic) bond motifs is 8. The Morgan fingerprint density at radius 1 is 0.550 bits per heavy atom. The largest absolute Gasteiger partial charge is 0.456 e. The Kier molecular flexibility index (Phi) is 4.27. The topological polar surface area (TPSA) is 56.7 Å². The molecule has 4 aromatic heterocycles. The second kappa shape index (κ2) is 7.98. The van der Waals surface area contributed by atoms with Crippen LogP contribution in [0, 0.1) is 0 Å². The number of para-hydroxylation sites is 2. The third kappa shape index (κ3) is 3.00. The molecule has 0 radical (unpaired) electrons. The molecule has 0 bridgehead atoms. The van der Waals surface area contributed by atoms with Crippen molar-refractivity contribution in [1.82, 2.24) is 19.5 Å². The van der Waals surface area contributed by atoms with Gasteiger partial charge >= 0.3 is 0 Å². The van der Waals surface area contributed by atoms with Gasteiger partial charge in [-0.1, -0.05) is 60.7 Å². The molecule has 5 aromatic carbocycles. The average molecular weight is 513 g/mol. The van der Waals surface area contributed by atoms with Crippen LogP contribution in [0.4, 0.5) is 0 Å². The van der Waals surface area contributed by atoms with Gasteiger partial charge in [0.15, 0.2) is 11.5 Å². The van der Waals surface area contributed by atoms with Crippen LogP contribution in [-0.2, 0) is 0 Å². The molecule has 9 rings (SSSR count). The van der Waals surface area contributed by atoms with Gasteiger partial charge in [-0.15, -0.1) is 0 Å². The molecule has 0 aliphatic carbocycles. The first-order valence-corrected chi connectivity index (χ1v) is 13.3. The van der Waals surface area contributed by atoms with Gasteiger partial charge in [0.25, 0.3) is 0 Å². The van der Waals surface area contributed by atoms with E-state index in [0.717, 1.165) is 55.6 Å². The van der Waals surface area contributed by atoms with Crippen LogP contribution in [0.1, 0.15) is 0 Å². The number of hydrogen-bond donors (Lipinski definition) is 0. The van der Waals surface area contributed by atoms with Crippen molar-refractivity contribution in [2.75, 3.05) is 0 Å². The van der Waals surface area contributed by atoms with Gasteiger partial charge in [0.05, 0.1) is 11.0 Å². The fourth-order valence-corrected chi connectivity index (χ4v) is 5.99. The van der Waals surface area contributed by atoms with Crippen LogP contribution < -0.4 is 0 Å². The minimum atomic E-state index is 0.614. The first-order chi connectivity index (χ1) is 19.8. The summed E-state index contributed by atoms with van der Waals surface area (Å²) in [6.07, 6.45) is 1.77. The minimum Gasteiger partial charge on any atom is -0.456 e. The number of aromatic nitrogens is 4. The van der Waals surface area contributed by atoms with Crippen LogP contribution in [0.15, 0.2) is 126 Å². The molecule has 0 saturated carbocycles. The van der Waals surface area contributed by atoms with Gasteiger partial charge in [-0.2, -0.15) is 0 Å². The monoisotopic (exact) mass is 512 g/mol. The lowest BCUT2D eigenvalue weighted by Gasteiger charge is -2.13. The summed E-state index contributed by atoms with van der Waals surface area (Å²) in [6, 6.07) is 39.8. The van der Waals surface area contributed by atoms with E-state index in [4.69, 9.17) is 14.4 Å². The maximum absolute atomic E-state index is 6.12. The van der Waals surface area contributed by atoms with Crippen molar-refractivity contribution in [2.45, 2.75) is 0 Å². The normalized spacial score (nSPS) is 12.0. The molecule has 0 aliphatic rings. The van der Waals surface area contributed by atoms with Crippen LogP contribution >= 0.6 is 0 Å². The predicted molar refractivity (Wildman–Crippen MR) is 162 cm³/mol. The predicted octanol–water partition coefficient (Wildman–Crippen LogP) is 8.84. The molecule has 0 atom stereocenters. The lowest BCUT2D eigenvalue weighted by atomic mass is 10.1. The molecule has 0 fully saturated rings. The molecule has 0 amide bonds. The fraction of sp³-hybridized carbons (Fsp3) is 0. The molecular formula is C35H20N4O. The smallest absolute Gasteiger partial charge is 0.180 e. The maximum atomic E-state index is 6.12. The van der Waals surface area contributed by atoms with E-state index in [1.54, 1.807) is 6.20 Å². The average Bonchev–Trinajstić information content (AvgIpc) is 3.54. The van der Waals surface area contributed by atoms with Crippen LogP contribution in [0.25, 0.3) is 82.8 Å². The van der Waals surface area contributed by atoms with Gasteiger partial charge in [0, 0.05) is 33.3 Å². The summed E-state index contributed by atoms with van der Waals surface area (Å²) >= 11 is 0. The Hall–Kier alpha value is -5.55. The summed E-state index contributed by atoms with van der Waals surface area (Å²) < 4.78 is 8.36. The number of rotatable bonds is 2. The highest BCUT2D eigenvalue weighted by Gasteiger charge is 2.20. The van der Waals surface area contributed by atoms with Gasteiger partial charge in [-0.25, -0.2) is 15.0 Å². The molecule has 5 heteroatoms. The zero-order chi connectivity index (χ0) is 26.2. The van der Waals surface area contributed by atoms with Crippen molar-refractivity contribution in [3.8, 4) is 17.1 Å². The Balaban J connectivity index is 1.43. The van der Waals surface area contributed by atoms with Gasteiger partial charge in [-0.05, 0) is 65.4 Å². The van der Waals surface area contributed by atoms with E-state index in [2.05, 4.69) is 88.4 Å². The van der Waals surface area contributed by atoms with E-state index >= 15 is 0 Å². The van der Waals surface area contributed by atoms with Crippen molar-refractivity contribution in [3.05, 3.63) is 121 Å². The Morgan fingerprint density at radius 3 is 2.25 bits per heavy atom. The second-order valence-electron chi connectivity index (χ2n) is 10.1. The molecule has 0 saturated heterocycles. The number of furan rings is 1. The first-order valence-electron chi connectivity index (χ1n) is 13.3. The third-order valence-corrected chi connectivity index (χ3v) is 7.82. The van der Waals surface area contributed by atoms with Gasteiger partial charge in [-0.3, -0.25) is 4.57 Å². The number of benzene rings is 5. The highest BCUT2D eigenvalue weighted by molar-refractivity contribution is 6.14. The molecule has 0 spiro atoms. The zero-order valence-electron chi connectivity index (χ0n) is 21.2. The first kappa shape index (κ1) is 21.4. The lowest BCUT2D eigenvalue weighted by molar-refractivity contribution is 0.669. The Morgan fingerprint density at radius 2 is 1.32 bits per heavy atom. The molecule has 40 heavy (non-hydrogen) atoms. The standard InChI is InChI=1S/C35H20N4O/c1-2-9-22-20-30-26(18-21(22)8-1)24-10-3-5-13-29(24)39(30)35-33(37-28-12-7-17-36-34(28)38-35)23-15-16-32-27(19-23)25-11-4-6-14-31(25)40-32/h1-20H. The molecule has 4 heterocycles. The van der Waals surface area contributed by atoms with E-state index in [0.29, 0.717) is 5.65 Å². The van der Waals surface area contributed by atoms with E-state index in [1.807, 2.05) is 36.4 Å². The van der Waals surface area contributed by atoms with E-state index in [-0.39, 0.29) is 0 Å². The Bertz CT molecular complexity index is 2450. The van der Waals surface area contributed by atoms with Crippen molar-refractivity contribution < 1.29 is 4.42 Å². The van der Waals surface area contributed by atoms with Gasteiger partial charge in [0.2, 0.25) is 0 Å². The molecule has 0 unspecified atom stereocenters. The SMILES string of the molecule is c1ccc2cc3c(cc2c1)c1ccccc1n3-c1nc2ncccc2nc1-c1ccc2oc3ccccc3c2c1. The highest BCUT2D eigenvalue weighted by atomic mass is 16.3. The molecule has 0 N–H and O–H groups in total. The summed E-state index contributed by atoms with van der Waals surface area (Å²) in [7, 11) is 0. The van der Waals surface area contributed by atoms with E-state index in [9.17, 15) is 0 Å². The van der Waals surface area contributed by atoms with Crippen LogP contribution in [0.5, 0.6) is 0 Å². The fourth-order valence-electron chi connectivity index (χ4n) is 5.99. The molecule has 186 valence electrons. The molecule has 0 aliphatic heterocycles. The lowest BCUT2D eigenvalue weighted by Crippen LogP contribution is -2.04. The van der Waals surface area contributed by atoms with Crippen molar-refractivity contribution >= 4 is 65.7 Å². The number of pyridine rings is 1. The minimum absolute atomic E-state index is 0.614. The molecular weight excluding hydrogens is 492 g/mol. The summed E-state index contributed by atoms with van der Waals surface area (Å²) in [4.78, 5) is 14.9. The molecule has 5 nitrogen and oxygen atoms in total. The van der Waals surface area contributed by atoms with Crippen LogP contribution in [-0.4, -0.2) is 19.5 Å². The molecule has 9 aromatic rings. The second-order valence-corrected chi connectivity index (χ2v) is 10.1. The summed E-state index contributed by atoms with van der Waals surface area (Å²) in [5.74, 6) is 0.750. The van der Waals surface area contributed by atoms with Crippen molar-refractivity contribution in [1.29, 1.82) is 0 Å². The summed E-state index contributed by atoms with van der Waals surface area (Å²) in [5.41, 5.74) is 7.02. The number of hydrogen-bond acceptors (Lipinski definition) is 4. The van der Waals surface area contributed by atoms with Gasteiger partial charge in [0.1, 0.15) is 22.4 Å². The van der Waals surface area contributed by atoms with Crippen molar-refractivity contribution in [3.63, 3.8) is 0 Å². The third-order valence-electron chi connectivity index (χ3n) is 7.82. The number of nitrogens with zero attached hydrogens (tertiary/aromatic N) is 4. The van der Waals surface area contributed by atoms with E-state index < -0.39 is 0 Å². The Labute approximate surface area is 228 Å². The van der Waals surface area contributed by atoms with E-state index in [1.165, 1.54) is 21.5 Å². The van der Waals surface area contributed by atoms with Crippen LogP contribution in [0.3, 0.4) is 0 Å². The summed E-state index contributed by atoms with van der Waals surface area (Å²) in [6.45, 7) is 0. The quantitative estimate of drug-likeness (QED) is 0.232. The summed E-state index contributed by atoms with van der Waals surface area (Å²) in [5, 5.41) is 6.88. The van der Waals surface area contributed by atoms with Gasteiger partial charge < -0.3 is 4.42 Å².